The number of para-hydroxylation sites is 2. The molecular weight excluding hydrogens is 334 g/mol. The van der Waals surface area contributed by atoms with Crippen molar-refractivity contribution in [1.29, 1.82) is 0 Å². The number of nitrogens with zero attached hydrogens (tertiary/aromatic N) is 4. The second-order valence-electron chi connectivity index (χ2n) is 6.67. The van der Waals surface area contributed by atoms with Crippen LogP contribution in [0.25, 0.3) is 0 Å². The van der Waals surface area contributed by atoms with Crippen LogP contribution in [-0.4, -0.2) is 58.1 Å². The normalized spacial score (nSPS) is 17.8. The predicted molar refractivity (Wildman–Crippen MR) is 94.0 cm³/mol. The highest BCUT2D eigenvalue weighted by atomic mass is 16.5. The fraction of sp³-hybridized carbons (Fsp3) is 0.444. The Morgan fingerprint density at radius 2 is 2.08 bits per heavy atom. The molecule has 0 unspecified atom stereocenters. The van der Waals surface area contributed by atoms with E-state index in [2.05, 4.69) is 15.2 Å². The highest BCUT2D eigenvalue weighted by Gasteiger charge is 2.31. The number of aromatic nitrogens is 3. The molecule has 1 aromatic carbocycles. The van der Waals surface area contributed by atoms with E-state index in [0.29, 0.717) is 24.5 Å². The number of nitrogens with one attached hydrogen (secondary N) is 1. The maximum absolute atomic E-state index is 12.7. The number of benzene rings is 1. The molecular formula is C18H21N5O3. The van der Waals surface area contributed by atoms with Gasteiger partial charge in [0.25, 0.3) is 5.91 Å². The van der Waals surface area contributed by atoms with Crippen LogP contribution in [0, 0.1) is 6.92 Å². The molecule has 8 heteroatoms. The zero-order valence-electron chi connectivity index (χ0n) is 14.6. The third-order valence-electron chi connectivity index (χ3n) is 4.93. The van der Waals surface area contributed by atoms with Crippen molar-refractivity contribution >= 4 is 17.5 Å². The Labute approximate surface area is 151 Å². The summed E-state index contributed by atoms with van der Waals surface area (Å²) < 4.78 is 5.43. The maximum Gasteiger partial charge on any atom is 0.265 e. The molecule has 1 saturated heterocycles. The summed E-state index contributed by atoms with van der Waals surface area (Å²) in [5.41, 5.74) is 0.656. The average molecular weight is 355 g/mol. The second-order valence-corrected chi connectivity index (χ2v) is 6.67. The smallest absolute Gasteiger partial charge is 0.265 e. The molecule has 0 radical (unpaired) electrons. The molecule has 2 aliphatic rings. The van der Waals surface area contributed by atoms with Gasteiger partial charge in [0.1, 0.15) is 18.1 Å². The number of aromatic amines is 1. The van der Waals surface area contributed by atoms with Gasteiger partial charge in [0.2, 0.25) is 5.91 Å². The molecule has 2 amide bonds. The van der Waals surface area contributed by atoms with Crippen molar-refractivity contribution in [2.45, 2.75) is 25.7 Å². The number of fused-ring (bicyclic) bond motifs is 1. The summed E-state index contributed by atoms with van der Waals surface area (Å²) in [6.45, 7) is 3.20. The minimum Gasteiger partial charge on any atom is -0.482 e. The lowest BCUT2D eigenvalue weighted by Gasteiger charge is -2.34. The van der Waals surface area contributed by atoms with Crippen molar-refractivity contribution in [3.8, 4) is 5.75 Å². The van der Waals surface area contributed by atoms with Crippen LogP contribution in [0.15, 0.2) is 24.3 Å². The van der Waals surface area contributed by atoms with Crippen LogP contribution in [0.1, 0.15) is 30.4 Å². The molecule has 2 aromatic rings. The standard InChI is InChI=1S/C18H21N5O3/c1-12-19-18(21-20-12)13-6-8-22(9-7-13)16(24)10-23-14-4-2-3-5-15(14)26-11-17(23)25/h2-5,13H,6-11H2,1H3,(H,19,20,21). The Bertz CT molecular complexity index is 826. The van der Waals surface area contributed by atoms with Crippen LogP contribution in [0.4, 0.5) is 5.69 Å². The van der Waals surface area contributed by atoms with Gasteiger partial charge < -0.3 is 9.64 Å². The molecule has 0 spiro atoms. The summed E-state index contributed by atoms with van der Waals surface area (Å²) >= 11 is 0. The number of amides is 2. The third kappa shape index (κ3) is 3.14. The zero-order chi connectivity index (χ0) is 18.1. The number of hydrogen-bond donors (Lipinski definition) is 1. The van der Waals surface area contributed by atoms with E-state index in [1.165, 1.54) is 4.90 Å². The fourth-order valence-corrected chi connectivity index (χ4v) is 3.49. The molecule has 3 heterocycles. The van der Waals surface area contributed by atoms with Gasteiger partial charge in [0, 0.05) is 19.0 Å². The van der Waals surface area contributed by atoms with Gasteiger partial charge in [-0.3, -0.25) is 19.6 Å². The zero-order valence-corrected chi connectivity index (χ0v) is 14.6. The molecule has 1 fully saturated rings. The number of piperidine rings is 1. The number of hydrogen-bond acceptors (Lipinski definition) is 5. The van der Waals surface area contributed by atoms with Crippen LogP contribution < -0.4 is 9.64 Å². The van der Waals surface area contributed by atoms with E-state index in [-0.39, 0.29) is 30.9 Å². The van der Waals surface area contributed by atoms with Gasteiger partial charge in [-0.2, -0.15) is 5.10 Å². The topological polar surface area (TPSA) is 91.4 Å². The monoisotopic (exact) mass is 355 g/mol. The number of H-pyrrole nitrogens is 1. The summed E-state index contributed by atoms with van der Waals surface area (Å²) in [6, 6.07) is 7.30. The summed E-state index contributed by atoms with van der Waals surface area (Å²) in [5, 5.41) is 7.10. The van der Waals surface area contributed by atoms with E-state index >= 15 is 0 Å². The van der Waals surface area contributed by atoms with E-state index in [4.69, 9.17) is 4.74 Å². The van der Waals surface area contributed by atoms with Crippen LogP contribution >= 0.6 is 0 Å². The fourth-order valence-electron chi connectivity index (χ4n) is 3.49. The Morgan fingerprint density at radius 3 is 2.81 bits per heavy atom. The SMILES string of the molecule is Cc1nc(C2CCN(C(=O)CN3C(=O)COc4ccccc43)CC2)n[nH]1. The molecule has 4 rings (SSSR count). The van der Waals surface area contributed by atoms with Crippen LogP contribution in [0.2, 0.25) is 0 Å². The number of rotatable bonds is 3. The van der Waals surface area contributed by atoms with E-state index in [1.54, 1.807) is 6.07 Å². The third-order valence-corrected chi connectivity index (χ3v) is 4.93. The van der Waals surface area contributed by atoms with Crippen molar-refractivity contribution in [3.05, 3.63) is 35.9 Å². The Kier molecular flexibility index (Phi) is 4.32. The quantitative estimate of drug-likeness (QED) is 0.895. The predicted octanol–water partition coefficient (Wildman–Crippen LogP) is 1.24. The Balaban J connectivity index is 1.39. The first kappa shape index (κ1) is 16.6. The van der Waals surface area contributed by atoms with E-state index < -0.39 is 0 Å². The molecule has 0 saturated carbocycles. The molecule has 0 aliphatic carbocycles. The Morgan fingerprint density at radius 1 is 1.31 bits per heavy atom. The molecule has 2 aliphatic heterocycles. The van der Waals surface area contributed by atoms with E-state index in [9.17, 15) is 9.59 Å². The number of likely N-dealkylation sites (tertiary alicyclic amines) is 1. The number of anilines is 1. The van der Waals surface area contributed by atoms with Crippen LogP contribution in [0.5, 0.6) is 5.75 Å². The van der Waals surface area contributed by atoms with Gasteiger partial charge >= 0.3 is 0 Å². The molecule has 26 heavy (non-hydrogen) atoms. The van der Waals surface area contributed by atoms with Crippen molar-refractivity contribution < 1.29 is 14.3 Å². The molecule has 1 aromatic heterocycles. The minimum atomic E-state index is -0.192. The number of carbonyl (C=O) groups excluding carboxylic acids is 2. The van der Waals surface area contributed by atoms with Gasteiger partial charge in [-0.05, 0) is 31.9 Å². The van der Waals surface area contributed by atoms with Gasteiger partial charge in [0.15, 0.2) is 12.4 Å². The first-order valence-corrected chi connectivity index (χ1v) is 8.80. The van der Waals surface area contributed by atoms with Gasteiger partial charge in [-0.15, -0.1) is 0 Å². The van der Waals surface area contributed by atoms with Gasteiger partial charge in [0.05, 0.1) is 5.69 Å². The summed E-state index contributed by atoms with van der Waals surface area (Å²) in [7, 11) is 0. The van der Waals surface area contributed by atoms with Crippen molar-refractivity contribution in [2.24, 2.45) is 0 Å². The summed E-state index contributed by atoms with van der Waals surface area (Å²) in [4.78, 5) is 32.7. The average Bonchev–Trinajstić information content (AvgIpc) is 3.10. The van der Waals surface area contributed by atoms with Crippen molar-refractivity contribution in [2.75, 3.05) is 31.1 Å². The first-order valence-electron chi connectivity index (χ1n) is 8.80. The van der Waals surface area contributed by atoms with Crippen LogP contribution in [-0.2, 0) is 9.59 Å². The number of aryl methyl sites for hydroxylation is 1. The van der Waals surface area contributed by atoms with Crippen molar-refractivity contribution in [3.63, 3.8) is 0 Å². The van der Waals surface area contributed by atoms with Crippen molar-refractivity contribution in [1.82, 2.24) is 20.1 Å². The van der Waals surface area contributed by atoms with Crippen LogP contribution in [0.3, 0.4) is 0 Å². The number of ether oxygens (including phenoxy) is 1. The highest BCUT2D eigenvalue weighted by Crippen LogP contribution is 2.32. The second kappa shape index (κ2) is 6.78. The molecule has 8 nitrogen and oxygen atoms in total. The summed E-state index contributed by atoms with van der Waals surface area (Å²) in [6.07, 6.45) is 1.66. The van der Waals surface area contributed by atoms with E-state index in [0.717, 1.165) is 24.5 Å². The first-order chi connectivity index (χ1) is 12.6. The molecule has 0 atom stereocenters. The molecule has 0 bridgehead atoms. The Hall–Kier alpha value is -2.90. The van der Waals surface area contributed by atoms with Gasteiger partial charge in [-0.25, -0.2) is 4.98 Å². The molecule has 136 valence electrons. The number of carbonyl (C=O) groups is 2. The summed E-state index contributed by atoms with van der Waals surface area (Å²) in [5.74, 6) is 2.31. The molecule has 1 N–H and O–H groups in total. The van der Waals surface area contributed by atoms with E-state index in [1.807, 2.05) is 30.0 Å². The lowest BCUT2D eigenvalue weighted by atomic mass is 9.96. The lowest BCUT2D eigenvalue weighted by molar-refractivity contribution is -0.132. The highest BCUT2D eigenvalue weighted by molar-refractivity contribution is 6.02. The minimum absolute atomic E-state index is 0.0312. The largest absolute Gasteiger partial charge is 0.482 e. The maximum atomic E-state index is 12.7. The van der Waals surface area contributed by atoms with Gasteiger partial charge in [-0.1, -0.05) is 12.1 Å². The lowest BCUT2D eigenvalue weighted by Crippen LogP contribution is -2.48.